The molecule has 0 radical (unpaired) electrons. The first kappa shape index (κ1) is 12.4. The SMILES string of the molecule is CCC1COCCN1S(=O)(=O)CC(=O)O. The van der Waals surface area contributed by atoms with E-state index in [0.717, 1.165) is 0 Å². The fourth-order valence-electron chi connectivity index (χ4n) is 1.57. The van der Waals surface area contributed by atoms with Gasteiger partial charge >= 0.3 is 5.97 Å². The Kier molecular flexibility index (Phi) is 4.06. The minimum atomic E-state index is -3.69. The van der Waals surface area contributed by atoms with Crippen LogP contribution in [0.2, 0.25) is 0 Å². The normalized spacial score (nSPS) is 23.9. The largest absolute Gasteiger partial charge is 0.480 e. The van der Waals surface area contributed by atoms with Crippen molar-refractivity contribution < 1.29 is 23.1 Å². The standard InChI is InChI=1S/C8H15NO5S/c1-2-7-5-14-4-3-9(7)15(12,13)6-8(10)11/h7H,2-6H2,1H3,(H,10,11). The van der Waals surface area contributed by atoms with Gasteiger partial charge in [0.1, 0.15) is 0 Å². The third kappa shape index (κ3) is 3.15. The maximum Gasteiger partial charge on any atom is 0.320 e. The fraction of sp³-hybridized carbons (Fsp3) is 0.875. The molecule has 1 saturated heterocycles. The van der Waals surface area contributed by atoms with Crippen LogP contribution >= 0.6 is 0 Å². The van der Waals surface area contributed by atoms with E-state index in [9.17, 15) is 13.2 Å². The third-order valence-electron chi connectivity index (χ3n) is 2.31. The Hall–Kier alpha value is -0.660. The topological polar surface area (TPSA) is 83.9 Å². The van der Waals surface area contributed by atoms with Gasteiger partial charge in [-0.1, -0.05) is 6.92 Å². The van der Waals surface area contributed by atoms with Crippen LogP contribution in [0.25, 0.3) is 0 Å². The van der Waals surface area contributed by atoms with Crippen molar-refractivity contribution in [2.75, 3.05) is 25.5 Å². The summed E-state index contributed by atoms with van der Waals surface area (Å²) in [5, 5.41) is 8.50. The number of morpholine rings is 1. The van der Waals surface area contributed by atoms with Gasteiger partial charge in [0.15, 0.2) is 5.75 Å². The highest BCUT2D eigenvalue weighted by Gasteiger charge is 2.33. The molecule has 1 unspecified atom stereocenters. The van der Waals surface area contributed by atoms with Gasteiger partial charge in [0.2, 0.25) is 10.0 Å². The van der Waals surface area contributed by atoms with Crippen molar-refractivity contribution in [3.05, 3.63) is 0 Å². The van der Waals surface area contributed by atoms with Crippen LogP contribution < -0.4 is 0 Å². The van der Waals surface area contributed by atoms with Crippen LogP contribution in [0.15, 0.2) is 0 Å². The van der Waals surface area contributed by atoms with Crippen LogP contribution in [0.4, 0.5) is 0 Å². The zero-order chi connectivity index (χ0) is 11.5. The molecule has 7 heteroatoms. The molecule has 88 valence electrons. The molecule has 0 saturated carbocycles. The number of sulfonamides is 1. The Labute approximate surface area is 88.9 Å². The second-order valence-electron chi connectivity index (χ2n) is 3.40. The lowest BCUT2D eigenvalue weighted by Gasteiger charge is -2.33. The van der Waals surface area contributed by atoms with Crippen LogP contribution in [0.1, 0.15) is 13.3 Å². The van der Waals surface area contributed by atoms with E-state index >= 15 is 0 Å². The number of carbonyl (C=O) groups is 1. The number of hydrogen-bond acceptors (Lipinski definition) is 4. The third-order valence-corrected chi connectivity index (χ3v) is 4.12. The van der Waals surface area contributed by atoms with Gasteiger partial charge in [-0.2, -0.15) is 4.31 Å². The summed E-state index contributed by atoms with van der Waals surface area (Å²) in [6, 6.07) is -0.233. The van der Waals surface area contributed by atoms with Gasteiger partial charge in [-0.05, 0) is 6.42 Å². The van der Waals surface area contributed by atoms with Crippen molar-refractivity contribution in [3.8, 4) is 0 Å². The number of aliphatic carboxylic acids is 1. The van der Waals surface area contributed by atoms with Gasteiger partial charge in [0.05, 0.1) is 13.2 Å². The van der Waals surface area contributed by atoms with Crippen molar-refractivity contribution in [2.45, 2.75) is 19.4 Å². The molecule has 0 bridgehead atoms. The molecule has 1 aliphatic rings. The lowest BCUT2D eigenvalue weighted by Crippen LogP contribution is -2.49. The van der Waals surface area contributed by atoms with Crippen molar-refractivity contribution in [2.24, 2.45) is 0 Å². The molecule has 0 aliphatic carbocycles. The molecule has 1 heterocycles. The van der Waals surface area contributed by atoms with Crippen LogP contribution in [0.5, 0.6) is 0 Å². The summed E-state index contributed by atoms with van der Waals surface area (Å²) in [6.07, 6.45) is 0.624. The molecule has 6 nitrogen and oxygen atoms in total. The van der Waals surface area contributed by atoms with E-state index in [2.05, 4.69) is 0 Å². The number of carboxylic acid groups (broad SMARTS) is 1. The van der Waals surface area contributed by atoms with Crippen LogP contribution in [0, 0.1) is 0 Å². The summed E-state index contributed by atoms with van der Waals surface area (Å²) < 4.78 is 29.7. The molecular weight excluding hydrogens is 222 g/mol. The Morgan fingerprint density at radius 1 is 1.60 bits per heavy atom. The summed E-state index contributed by atoms with van der Waals surface area (Å²) in [7, 11) is -3.69. The second-order valence-corrected chi connectivity index (χ2v) is 5.32. The predicted octanol–water partition coefficient (Wildman–Crippen LogP) is -0.488. The average molecular weight is 237 g/mol. The Morgan fingerprint density at radius 3 is 2.80 bits per heavy atom. The molecule has 1 atom stereocenters. The lowest BCUT2D eigenvalue weighted by molar-refractivity contribution is -0.134. The first-order valence-electron chi connectivity index (χ1n) is 4.76. The number of carboxylic acids is 1. The smallest absolute Gasteiger partial charge is 0.320 e. The molecule has 0 amide bonds. The van der Waals surface area contributed by atoms with Crippen molar-refractivity contribution in [1.29, 1.82) is 0 Å². The molecule has 0 aromatic heterocycles. The molecule has 0 aromatic rings. The van der Waals surface area contributed by atoms with Crippen LogP contribution in [0.3, 0.4) is 0 Å². The van der Waals surface area contributed by atoms with Crippen LogP contribution in [-0.4, -0.2) is 55.4 Å². The maximum absolute atomic E-state index is 11.7. The number of rotatable bonds is 4. The number of ether oxygens (including phenoxy) is 1. The first-order chi connectivity index (χ1) is 6.97. The Balaban J connectivity index is 2.79. The number of nitrogens with zero attached hydrogens (tertiary/aromatic N) is 1. The van der Waals surface area contributed by atoms with Crippen LogP contribution in [-0.2, 0) is 19.6 Å². The predicted molar refractivity (Wildman–Crippen MR) is 53.0 cm³/mol. The lowest BCUT2D eigenvalue weighted by atomic mass is 10.2. The molecule has 0 spiro atoms. The van der Waals surface area contributed by atoms with Gasteiger partial charge in [-0.3, -0.25) is 4.79 Å². The summed E-state index contributed by atoms with van der Waals surface area (Å²) in [6.45, 7) is 2.77. The molecular formula is C8H15NO5S. The maximum atomic E-state index is 11.7. The fourth-order valence-corrected chi connectivity index (χ4v) is 3.06. The zero-order valence-electron chi connectivity index (χ0n) is 8.55. The van der Waals surface area contributed by atoms with Gasteiger partial charge in [-0.15, -0.1) is 0 Å². The first-order valence-corrected chi connectivity index (χ1v) is 6.37. The minimum absolute atomic E-state index is 0.233. The van der Waals surface area contributed by atoms with Gasteiger partial charge < -0.3 is 9.84 Å². The highest BCUT2D eigenvalue weighted by Crippen LogP contribution is 2.15. The van der Waals surface area contributed by atoms with Gasteiger partial charge in [-0.25, -0.2) is 8.42 Å². The van der Waals surface area contributed by atoms with E-state index < -0.39 is 21.7 Å². The summed E-state index contributed by atoms with van der Waals surface area (Å²) >= 11 is 0. The molecule has 1 fully saturated rings. The van der Waals surface area contributed by atoms with E-state index in [1.165, 1.54) is 4.31 Å². The highest BCUT2D eigenvalue weighted by atomic mass is 32.2. The molecule has 15 heavy (non-hydrogen) atoms. The highest BCUT2D eigenvalue weighted by molar-refractivity contribution is 7.89. The van der Waals surface area contributed by atoms with Gasteiger partial charge in [0, 0.05) is 12.6 Å². The Bertz CT molecular complexity index is 326. The van der Waals surface area contributed by atoms with Gasteiger partial charge in [0.25, 0.3) is 0 Å². The van der Waals surface area contributed by atoms with E-state index in [4.69, 9.17) is 9.84 Å². The monoisotopic (exact) mass is 237 g/mol. The minimum Gasteiger partial charge on any atom is -0.480 e. The second kappa shape index (κ2) is 4.91. The molecule has 1 N–H and O–H groups in total. The van der Waals surface area contributed by atoms with E-state index in [-0.39, 0.29) is 12.6 Å². The van der Waals surface area contributed by atoms with Crippen molar-refractivity contribution in [3.63, 3.8) is 0 Å². The summed E-state index contributed by atoms with van der Waals surface area (Å²) in [4.78, 5) is 10.4. The van der Waals surface area contributed by atoms with E-state index in [1.807, 2.05) is 6.92 Å². The zero-order valence-corrected chi connectivity index (χ0v) is 9.37. The molecule has 1 aliphatic heterocycles. The van der Waals surface area contributed by atoms with E-state index in [1.54, 1.807) is 0 Å². The van der Waals surface area contributed by atoms with Crippen molar-refractivity contribution in [1.82, 2.24) is 4.31 Å². The van der Waals surface area contributed by atoms with Crippen molar-refractivity contribution >= 4 is 16.0 Å². The Morgan fingerprint density at radius 2 is 2.27 bits per heavy atom. The molecule has 0 aromatic carbocycles. The molecule has 1 rings (SSSR count). The average Bonchev–Trinajstić information content (AvgIpc) is 2.16. The van der Waals surface area contributed by atoms with E-state index in [0.29, 0.717) is 19.6 Å². The quantitative estimate of drug-likeness (QED) is 0.713. The summed E-state index contributed by atoms with van der Waals surface area (Å²) in [5.74, 6) is -2.17. The number of hydrogen-bond donors (Lipinski definition) is 1. The summed E-state index contributed by atoms with van der Waals surface area (Å²) in [5.41, 5.74) is 0.